The topological polar surface area (TPSA) is 81.7 Å². The zero-order valence-corrected chi connectivity index (χ0v) is 13.9. The molecular weight excluding hydrogens is 294 g/mol. The number of likely N-dealkylation sites (N-methyl/N-ethyl adjacent to an activating group) is 1. The number of aliphatic carboxylic acids is 1. The van der Waals surface area contributed by atoms with Gasteiger partial charge in [-0.05, 0) is 50.4 Å². The first-order valence-corrected chi connectivity index (χ1v) is 8.00. The molecule has 0 aliphatic heterocycles. The van der Waals surface area contributed by atoms with Gasteiger partial charge in [-0.2, -0.15) is 0 Å². The second kappa shape index (κ2) is 7.46. The van der Waals surface area contributed by atoms with Gasteiger partial charge in [-0.3, -0.25) is 9.69 Å². The van der Waals surface area contributed by atoms with Gasteiger partial charge in [0.1, 0.15) is 0 Å². The monoisotopic (exact) mass is 319 g/mol. The number of rotatable bonds is 6. The summed E-state index contributed by atoms with van der Waals surface area (Å²) < 4.78 is 0. The molecule has 0 aromatic heterocycles. The number of amides is 2. The Kier molecular flexibility index (Phi) is 5.60. The molecule has 6 heteroatoms. The van der Waals surface area contributed by atoms with Gasteiger partial charge in [0.15, 0.2) is 0 Å². The molecule has 6 nitrogen and oxygen atoms in total. The van der Waals surface area contributed by atoms with Crippen LogP contribution < -0.4 is 10.6 Å². The SMILES string of the molecule is CCN(CC(=O)O)C1CC(NC(=O)Nc2cccc(C)c2C)C1. The second-order valence-electron chi connectivity index (χ2n) is 6.12. The van der Waals surface area contributed by atoms with Crippen LogP contribution in [0, 0.1) is 13.8 Å². The van der Waals surface area contributed by atoms with Crippen LogP contribution in [0.25, 0.3) is 0 Å². The lowest BCUT2D eigenvalue weighted by Crippen LogP contribution is -2.55. The Morgan fingerprint density at radius 2 is 2.00 bits per heavy atom. The molecule has 0 bridgehead atoms. The van der Waals surface area contributed by atoms with Gasteiger partial charge in [-0.25, -0.2) is 4.79 Å². The van der Waals surface area contributed by atoms with Gasteiger partial charge in [0.25, 0.3) is 0 Å². The molecular formula is C17H25N3O3. The molecule has 1 aromatic carbocycles. The normalized spacial score (nSPS) is 20.0. The number of carbonyl (C=O) groups excluding carboxylic acids is 1. The maximum absolute atomic E-state index is 12.1. The molecule has 23 heavy (non-hydrogen) atoms. The average Bonchev–Trinajstić information content (AvgIpc) is 2.45. The number of urea groups is 1. The van der Waals surface area contributed by atoms with Crippen LogP contribution in [0.15, 0.2) is 18.2 Å². The summed E-state index contributed by atoms with van der Waals surface area (Å²) in [6, 6.07) is 5.95. The van der Waals surface area contributed by atoms with Gasteiger partial charge in [-0.1, -0.05) is 19.1 Å². The number of hydrogen-bond acceptors (Lipinski definition) is 3. The summed E-state index contributed by atoms with van der Waals surface area (Å²) in [5.74, 6) is -0.809. The summed E-state index contributed by atoms with van der Waals surface area (Å²) >= 11 is 0. The Balaban J connectivity index is 1.80. The molecule has 2 rings (SSSR count). The van der Waals surface area contributed by atoms with Crippen LogP contribution in [0.3, 0.4) is 0 Å². The van der Waals surface area contributed by atoms with E-state index in [4.69, 9.17) is 5.11 Å². The molecule has 1 fully saturated rings. The number of nitrogens with one attached hydrogen (secondary N) is 2. The number of aryl methyl sites for hydroxylation is 1. The number of carbonyl (C=O) groups is 2. The minimum atomic E-state index is -0.809. The van der Waals surface area contributed by atoms with Crippen LogP contribution in [0.1, 0.15) is 30.9 Å². The summed E-state index contributed by atoms with van der Waals surface area (Å²) in [5.41, 5.74) is 3.02. The molecule has 1 aliphatic carbocycles. The molecule has 126 valence electrons. The van der Waals surface area contributed by atoms with Gasteiger partial charge in [0.05, 0.1) is 6.54 Å². The standard InChI is InChI=1S/C17H25N3O3/c1-4-20(10-16(21)22)14-8-13(9-14)18-17(23)19-15-7-5-6-11(2)12(15)3/h5-7,13-14H,4,8-10H2,1-3H3,(H,21,22)(H2,18,19,23). The number of carboxylic acid groups (broad SMARTS) is 1. The van der Waals surface area contributed by atoms with E-state index in [1.54, 1.807) is 0 Å². The first-order valence-electron chi connectivity index (χ1n) is 8.00. The second-order valence-corrected chi connectivity index (χ2v) is 6.12. The number of benzene rings is 1. The summed E-state index contributed by atoms with van der Waals surface area (Å²) in [4.78, 5) is 24.8. The Bertz CT molecular complexity index is 582. The Morgan fingerprint density at radius 3 is 2.61 bits per heavy atom. The van der Waals surface area contributed by atoms with E-state index >= 15 is 0 Å². The Morgan fingerprint density at radius 1 is 1.30 bits per heavy atom. The quantitative estimate of drug-likeness (QED) is 0.752. The minimum absolute atomic E-state index is 0.0581. The van der Waals surface area contributed by atoms with E-state index in [9.17, 15) is 9.59 Å². The van der Waals surface area contributed by atoms with E-state index in [1.807, 2.05) is 43.9 Å². The lowest BCUT2D eigenvalue weighted by molar-refractivity contribution is -0.139. The number of nitrogens with zero attached hydrogens (tertiary/aromatic N) is 1. The van der Waals surface area contributed by atoms with Gasteiger partial charge in [0.2, 0.25) is 0 Å². The molecule has 0 atom stereocenters. The van der Waals surface area contributed by atoms with Gasteiger partial charge < -0.3 is 15.7 Å². The van der Waals surface area contributed by atoms with Crippen LogP contribution in [0.2, 0.25) is 0 Å². The van der Waals surface area contributed by atoms with E-state index in [-0.39, 0.29) is 24.7 Å². The fraction of sp³-hybridized carbons (Fsp3) is 0.529. The molecule has 1 aliphatic rings. The van der Waals surface area contributed by atoms with Crippen molar-refractivity contribution in [3.63, 3.8) is 0 Å². The number of carboxylic acids is 1. The highest BCUT2D eigenvalue weighted by atomic mass is 16.4. The zero-order chi connectivity index (χ0) is 17.0. The van der Waals surface area contributed by atoms with Crippen LogP contribution in [-0.2, 0) is 4.79 Å². The van der Waals surface area contributed by atoms with Crippen molar-refractivity contribution in [2.24, 2.45) is 0 Å². The maximum atomic E-state index is 12.1. The highest BCUT2D eigenvalue weighted by molar-refractivity contribution is 5.90. The van der Waals surface area contributed by atoms with Crippen LogP contribution in [0.5, 0.6) is 0 Å². The van der Waals surface area contributed by atoms with Crippen molar-refractivity contribution < 1.29 is 14.7 Å². The van der Waals surface area contributed by atoms with Crippen molar-refractivity contribution in [3.05, 3.63) is 29.3 Å². The number of hydrogen-bond donors (Lipinski definition) is 3. The molecule has 0 saturated heterocycles. The fourth-order valence-corrected chi connectivity index (χ4v) is 2.91. The van der Waals surface area contributed by atoms with Crippen molar-refractivity contribution >= 4 is 17.7 Å². The van der Waals surface area contributed by atoms with Gasteiger partial charge >= 0.3 is 12.0 Å². The van der Waals surface area contributed by atoms with Crippen molar-refractivity contribution in [2.45, 2.75) is 45.7 Å². The molecule has 0 radical (unpaired) electrons. The predicted molar refractivity (Wildman–Crippen MR) is 89.8 cm³/mol. The molecule has 3 N–H and O–H groups in total. The van der Waals surface area contributed by atoms with E-state index < -0.39 is 5.97 Å². The smallest absolute Gasteiger partial charge is 0.319 e. The first kappa shape index (κ1) is 17.3. The van der Waals surface area contributed by atoms with Crippen molar-refractivity contribution in [2.75, 3.05) is 18.4 Å². The van der Waals surface area contributed by atoms with Crippen LogP contribution in [-0.4, -0.2) is 47.2 Å². The van der Waals surface area contributed by atoms with Crippen molar-refractivity contribution in [3.8, 4) is 0 Å². The highest BCUT2D eigenvalue weighted by Crippen LogP contribution is 2.26. The van der Waals surface area contributed by atoms with Crippen molar-refractivity contribution in [1.29, 1.82) is 0 Å². The molecule has 0 heterocycles. The van der Waals surface area contributed by atoms with E-state index in [1.165, 1.54) is 0 Å². The third-order valence-electron chi connectivity index (χ3n) is 4.56. The average molecular weight is 319 g/mol. The van der Waals surface area contributed by atoms with E-state index in [0.717, 1.165) is 29.7 Å². The summed E-state index contributed by atoms with van der Waals surface area (Å²) in [6.45, 7) is 6.71. The third-order valence-corrected chi connectivity index (χ3v) is 4.56. The maximum Gasteiger partial charge on any atom is 0.319 e. The Hall–Kier alpha value is -2.08. The Labute approximate surface area is 136 Å². The first-order chi connectivity index (χ1) is 10.9. The largest absolute Gasteiger partial charge is 0.480 e. The third kappa shape index (κ3) is 4.45. The lowest BCUT2D eigenvalue weighted by atomic mass is 9.85. The number of anilines is 1. The van der Waals surface area contributed by atoms with Crippen molar-refractivity contribution in [1.82, 2.24) is 10.2 Å². The fourth-order valence-electron chi connectivity index (χ4n) is 2.91. The zero-order valence-electron chi connectivity index (χ0n) is 13.9. The molecule has 1 saturated carbocycles. The summed E-state index contributed by atoms with van der Waals surface area (Å²) in [6.07, 6.45) is 1.59. The minimum Gasteiger partial charge on any atom is -0.480 e. The summed E-state index contributed by atoms with van der Waals surface area (Å²) in [5, 5.41) is 14.7. The predicted octanol–water partition coefficient (Wildman–Crippen LogP) is 2.36. The van der Waals surface area contributed by atoms with E-state index in [2.05, 4.69) is 10.6 Å². The molecule has 1 aromatic rings. The molecule has 0 unspecified atom stereocenters. The van der Waals surface area contributed by atoms with Gasteiger partial charge in [-0.15, -0.1) is 0 Å². The van der Waals surface area contributed by atoms with Gasteiger partial charge in [0, 0.05) is 17.8 Å². The lowest BCUT2D eigenvalue weighted by Gasteiger charge is -2.42. The van der Waals surface area contributed by atoms with E-state index in [0.29, 0.717) is 6.54 Å². The molecule has 0 spiro atoms. The van der Waals surface area contributed by atoms with Crippen LogP contribution >= 0.6 is 0 Å². The molecule has 2 amide bonds. The highest BCUT2D eigenvalue weighted by Gasteiger charge is 2.34. The summed E-state index contributed by atoms with van der Waals surface area (Å²) in [7, 11) is 0. The van der Waals surface area contributed by atoms with Crippen LogP contribution in [0.4, 0.5) is 10.5 Å².